The number of nitrogens with one attached hydrogen (secondary N) is 1. The molecule has 0 unspecified atom stereocenters. The molecule has 1 atom stereocenters. The highest BCUT2D eigenvalue weighted by molar-refractivity contribution is 5.96. The molecule has 0 aliphatic carbocycles. The highest BCUT2D eigenvalue weighted by atomic mass is 16.5. The monoisotopic (exact) mass is 425 g/mol. The summed E-state index contributed by atoms with van der Waals surface area (Å²) in [6.07, 6.45) is 6.64. The lowest BCUT2D eigenvalue weighted by Gasteiger charge is -2.15. The Bertz CT molecular complexity index is 1210. The van der Waals surface area contributed by atoms with E-state index in [2.05, 4.69) is 25.3 Å². The molecule has 2 aromatic carbocycles. The third kappa shape index (κ3) is 5.13. The first-order chi connectivity index (χ1) is 15.5. The number of nitrogens with zero attached hydrogens (tertiary/aromatic N) is 4. The van der Waals surface area contributed by atoms with Gasteiger partial charge < -0.3 is 10.1 Å². The second kappa shape index (κ2) is 9.34. The second-order valence-corrected chi connectivity index (χ2v) is 7.50. The number of aryl methyl sites for hydroxylation is 2. The number of carbonyl (C=O) groups is 1. The van der Waals surface area contributed by atoms with Gasteiger partial charge in [0.1, 0.15) is 11.6 Å². The predicted octanol–water partition coefficient (Wildman–Crippen LogP) is 4.83. The van der Waals surface area contributed by atoms with Crippen molar-refractivity contribution in [2.45, 2.75) is 26.8 Å². The van der Waals surface area contributed by atoms with Gasteiger partial charge in [0.15, 0.2) is 0 Å². The number of carbonyl (C=O) groups excluding carboxylic acids is 1. The lowest BCUT2D eigenvalue weighted by molar-refractivity contribution is 0.0939. The average Bonchev–Trinajstić information content (AvgIpc) is 2.80. The summed E-state index contributed by atoms with van der Waals surface area (Å²) in [7, 11) is 0. The van der Waals surface area contributed by atoms with E-state index in [1.165, 1.54) is 0 Å². The van der Waals surface area contributed by atoms with Gasteiger partial charge in [-0.25, -0.2) is 19.9 Å². The van der Waals surface area contributed by atoms with Crippen molar-refractivity contribution in [2.75, 3.05) is 0 Å². The van der Waals surface area contributed by atoms with Crippen molar-refractivity contribution in [1.29, 1.82) is 0 Å². The number of rotatable bonds is 6. The van der Waals surface area contributed by atoms with Crippen LogP contribution in [0.15, 0.2) is 73.3 Å². The standard InChI is InChI=1S/C25H23N5O2/c1-16-5-7-19(8-6-16)20-11-21(13-23(12-20)32-25-26-9-4-10-27-25)24(31)30-17(2)22-14-28-18(3)29-15-22/h4-15,17H,1-3H3,(H,30,31)/t17-/m1/s1. The summed E-state index contributed by atoms with van der Waals surface area (Å²) in [5, 5.41) is 3.01. The molecule has 160 valence electrons. The Balaban J connectivity index is 1.65. The number of hydrogen-bond acceptors (Lipinski definition) is 6. The lowest BCUT2D eigenvalue weighted by atomic mass is 10.0. The Morgan fingerprint density at radius 1 is 0.906 bits per heavy atom. The molecule has 2 heterocycles. The van der Waals surface area contributed by atoms with E-state index in [0.29, 0.717) is 17.1 Å². The van der Waals surface area contributed by atoms with Crippen molar-refractivity contribution >= 4 is 5.91 Å². The van der Waals surface area contributed by atoms with Gasteiger partial charge in [0.25, 0.3) is 5.91 Å². The molecule has 7 nitrogen and oxygen atoms in total. The summed E-state index contributed by atoms with van der Waals surface area (Å²) >= 11 is 0. The molecule has 32 heavy (non-hydrogen) atoms. The van der Waals surface area contributed by atoms with Crippen molar-refractivity contribution in [3.8, 4) is 22.9 Å². The maximum atomic E-state index is 13.1. The van der Waals surface area contributed by atoms with Crippen LogP contribution in [-0.4, -0.2) is 25.8 Å². The fraction of sp³-hybridized carbons (Fsp3) is 0.160. The van der Waals surface area contributed by atoms with E-state index >= 15 is 0 Å². The molecule has 0 fully saturated rings. The van der Waals surface area contributed by atoms with E-state index < -0.39 is 0 Å². The van der Waals surface area contributed by atoms with Gasteiger partial charge >= 0.3 is 6.01 Å². The zero-order valence-electron chi connectivity index (χ0n) is 18.1. The molecule has 0 aliphatic heterocycles. The molecule has 0 spiro atoms. The van der Waals surface area contributed by atoms with Crippen LogP contribution in [0.3, 0.4) is 0 Å². The van der Waals surface area contributed by atoms with Crippen molar-refractivity contribution in [3.63, 3.8) is 0 Å². The minimum absolute atomic E-state index is 0.213. The Hall–Kier alpha value is -4.13. The van der Waals surface area contributed by atoms with E-state index in [4.69, 9.17) is 4.74 Å². The Labute approximate surface area is 186 Å². The molecule has 7 heteroatoms. The Morgan fingerprint density at radius 2 is 1.59 bits per heavy atom. The largest absolute Gasteiger partial charge is 0.424 e. The minimum Gasteiger partial charge on any atom is -0.424 e. The van der Waals surface area contributed by atoms with Gasteiger partial charge in [-0.3, -0.25) is 4.79 Å². The maximum absolute atomic E-state index is 13.1. The number of hydrogen-bond donors (Lipinski definition) is 1. The van der Waals surface area contributed by atoms with Gasteiger partial charge in [-0.05, 0) is 56.2 Å². The van der Waals surface area contributed by atoms with Gasteiger partial charge in [0.05, 0.1) is 6.04 Å². The van der Waals surface area contributed by atoms with Gasteiger partial charge in [-0.15, -0.1) is 0 Å². The predicted molar refractivity (Wildman–Crippen MR) is 121 cm³/mol. The van der Waals surface area contributed by atoms with Gasteiger partial charge in [-0.2, -0.15) is 0 Å². The highest BCUT2D eigenvalue weighted by Gasteiger charge is 2.15. The summed E-state index contributed by atoms with van der Waals surface area (Å²) < 4.78 is 5.84. The van der Waals surface area contributed by atoms with Crippen LogP contribution < -0.4 is 10.1 Å². The maximum Gasteiger partial charge on any atom is 0.321 e. The normalized spacial score (nSPS) is 11.6. The summed E-state index contributed by atoms with van der Waals surface area (Å²) in [6.45, 7) is 5.75. The lowest BCUT2D eigenvalue weighted by Crippen LogP contribution is -2.27. The first-order valence-corrected chi connectivity index (χ1v) is 10.2. The van der Waals surface area contributed by atoms with Crippen LogP contribution in [0.2, 0.25) is 0 Å². The van der Waals surface area contributed by atoms with Crippen LogP contribution in [0.1, 0.15) is 40.3 Å². The third-order valence-electron chi connectivity index (χ3n) is 4.95. The molecule has 0 bridgehead atoms. The van der Waals surface area contributed by atoms with Crippen LogP contribution in [0.4, 0.5) is 0 Å². The third-order valence-corrected chi connectivity index (χ3v) is 4.95. The molecule has 0 saturated carbocycles. The van der Waals surface area contributed by atoms with Crippen LogP contribution in [0, 0.1) is 13.8 Å². The summed E-state index contributed by atoms with van der Waals surface area (Å²) in [5.74, 6) is 0.930. The number of benzene rings is 2. The summed E-state index contributed by atoms with van der Waals surface area (Å²) in [5.41, 5.74) is 4.28. The quantitative estimate of drug-likeness (QED) is 0.476. The molecule has 1 amide bonds. The van der Waals surface area contributed by atoms with E-state index in [-0.39, 0.29) is 18.0 Å². The van der Waals surface area contributed by atoms with Crippen LogP contribution >= 0.6 is 0 Å². The summed E-state index contributed by atoms with van der Waals surface area (Å²) in [6, 6.07) is 15.2. The molecule has 1 N–H and O–H groups in total. The van der Waals surface area contributed by atoms with E-state index in [9.17, 15) is 4.79 Å². The fourth-order valence-electron chi connectivity index (χ4n) is 3.13. The van der Waals surface area contributed by atoms with Crippen molar-refractivity contribution in [2.24, 2.45) is 0 Å². The second-order valence-electron chi connectivity index (χ2n) is 7.50. The van der Waals surface area contributed by atoms with Crippen LogP contribution in [-0.2, 0) is 0 Å². The van der Waals surface area contributed by atoms with Crippen molar-refractivity contribution in [3.05, 3.63) is 95.8 Å². The number of amides is 1. The molecule has 0 saturated heterocycles. The Kier molecular flexibility index (Phi) is 6.17. The van der Waals surface area contributed by atoms with Gasteiger partial charge in [-0.1, -0.05) is 29.8 Å². The first-order valence-electron chi connectivity index (χ1n) is 10.2. The smallest absolute Gasteiger partial charge is 0.321 e. The minimum atomic E-state index is -0.257. The average molecular weight is 425 g/mol. The zero-order chi connectivity index (χ0) is 22.5. The molecular weight excluding hydrogens is 402 g/mol. The van der Waals surface area contributed by atoms with Gasteiger partial charge in [0, 0.05) is 35.9 Å². The van der Waals surface area contributed by atoms with E-state index in [1.54, 1.807) is 36.9 Å². The number of aromatic nitrogens is 4. The van der Waals surface area contributed by atoms with E-state index in [0.717, 1.165) is 22.3 Å². The molecule has 4 rings (SSSR count). The van der Waals surface area contributed by atoms with Gasteiger partial charge in [0.2, 0.25) is 0 Å². The zero-order valence-corrected chi connectivity index (χ0v) is 18.1. The first kappa shape index (κ1) is 21.1. The van der Waals surface area contributed by atoms with Crippen LogP contribution in [0.5, 0.6) is 11.8 Å². The highest BCUT2D eigenvalue weighted by Crippen LogP contribution is 2.29. The summed E-state index contributed by atoms with van der Waals surface area (Å²) in [4.78, 5) is 29.7. The molecular formula is C25H23N5O2. The molecule has 2 aromatic heterocycles. The number of ether oxygens (including phenoxy) is 1. The van der Waals surface area contributed by atoms with Crippen molar-refractivity contribution < 1.29 is 9.53 Å². The SMILES string of the molecule is Cc1ccc(-c2cc(Oc3ncccn3)cc(C(=O)N[C@H](C)c3cnc(C)nc3)c2)cc1. The molecule has 0 radical (unpaired) electrons. The molecule has 4 aromatic rings. The van der Waals surface area contributed by atoms with Crippen LogP contribution in [0.25, 0.3) is 11.1 Å². The van der Waals surface area contributed by atoms with Crippen molar-refractivity contribution in [1.82, 2.24) is 25.3 Å². The fourth-order valence-corrected chi connectivity index (χ4v) is 3.13. The molecule has 0 aliphatic rings. The van der Waals surface area contributed by atoms with E-state index in [1.807, 2.05) is 57.2 Å². The Morgan fingerprint density at radius 3 is 2.28 bits per heavy atom. The topological polar surface area (TPSA) is 89.9 Å².